The minimum atomic E-state index is 0.0561. The first-order valence-corrected chi connectivity index (χ1v) is 8.39. The predicted octanol–water partition coefficient (Wildman–Crippen LogP) is 3.42. The van der Waals surface area contributed by atoms with Crippen LogP contribution in [0.25, 0.3) is 22.1 Å². The SMILES string of the molecule is OCCN(CCc1ccccc1)c1ncnc2c1oc1ccccc12. The molecule has 2 heterocycles. The molecule has 1 N–H and O–H groups in total. The summed E-state index contributed by atoms with van der Waals surface area (Å²) in [5.41, 5.74) is 3.53. The molecule has 2 aromatic carbocycles. The number of nitrogens with zero attached hydrogens (tertiary/aromatic N) is 3. The van der Waals surface area contributed by atoms with Gasteiger partial charge in [0.2, 0.25) is 0 Å². The second-order valence-electron chi connectivity index (χ2n) is 5.92. The molecule has 0 spiro atoms. The molecule has 5 heteroatoms. The predicted molar refractivity (Wildman–Crippen MR) is 98.8 cm³/mol. The maximum atomic E-state index is 9.49. The molecule has 0 aliphatic carbocycles. The molecule has 0 aliphatic heterocycles. The fraction of sp³-hybridized carbons (Fsp3) is 0.200. The zero-order valence-corrected chi connectivity index (χ0v) is 13.8. The van der Waals surface area contributed by atoms with Crippen molar-refractivity contribution in [1.29, 1.82) is 0 Å². The highest BCUT2D eigenvalue weighted by Crippen LogP contribution is 2.32. The van der Waals surface area contributed by atoms with E-state index in [1.807, 2.05) is 42.5 Å². The molecule has 0 radical (unpaired) electrons. The van der Waals surface area contributed by atoms with Crippen LogP contribution in [0.2, 0.25) is 0 Å². The maximum absolute atomic E-state index is 9.49. The molecule has 0 fully saturated rings. The summed E-state index contributed by atoms with van der Waals surface area (Å²) >= 11 is 0. The Balaban J connectivity index is 1.71. The Labute approximate surface area is 145 Å². The average molecular weight is 333 g/mol. The number of anilines is 1. The molecule has 0 unspecified atom stereocenters. The van der Waals surface area contributed by atoms with E-state index >= 15 is 0 Å². The molecular formula is C20H19N3O2. The van der Waals surface area contributed by atoms with E-state index in [1.54, 1.807) is 6.33 Å². The minimum Gasteiger partial charge on any atom is -0.450 e. The lowest BCUT2D eigenvalue weighted by molar-refractivity contribution is 0.301. The van der Waals surface area contributed by atoms with Crippen molar-refractivity contribution in [2.45, 2.75) is 6.42 Å². The largest absolute Gasteiger partial charge is 0.450 e. The fourth-order valence-electron chi connectivity index (χ4n) is 3.09. The number of aliphatic hydroxyl groups is 1. The van der Waals surface area contributed by atoms with E-state index in [2.05, 4.69) is 27.0 Å². The molecule has 0 bridgehead atoms. The minimum absolute atomic E-state index is 0.0561. The first-order chi connectivity index (χ1) is 12.4. The monoisotopic (exact) mass is 333 g/mol. The number of para-hydroxylation sites is 1. The van der Waals surface area contributed by atoms with Crippen molar-refractivity contribution in [2.24, 2.45) is 0 Å². The molecule has 0 saturated heterocycles. The van der Waals surface area contributed by atoms with Crippen molar-refractivity contribution < 1.29 is 9.52 Å². The average Bonchev–Trinajstić information content (AvgIpc) is 3.05. The van der Waals surface area contributed by atoms with Gasteiger partial charge in [-0.2, -0.15) is 0 Å². The van der Waals surface area contributed by atoms with Crippen LogP contribution in [0.15, 0.2) is 65.3 Å². The molecule has 126 valence electrons. The van der Waals surface area contributed by atoms with E-state index in [1.165, 1.54) is 5.56 Å². The van der Waals surface area contributed by atoms with Crippen molar-refractivity contribution in [3.63, 3.8) is 0 Å². The number of aromatic nitrogens is 2. The van der Waals surface area contributed by atoms with Gasteiger partial charge in [0, 0.05) is 18.5 Å². The lowest BCUT2D eigenvalue weighted by Gasteiger charge is -2.22. The van der Waals surface area contributed by atoms with Crippen molar-refractivity contribution in [1.82, 2.24) is 9.97 Å². The highest BCUT2D eigenvalue weighted by molar-refractivity contribution is 6.05. The first kappa shape index (κ1) is 15.6. The Kier molecular flexibility index (Phi) is 4.31. The summed E-state index contributed by atoms with van der Waals surface area (Å²) in [6, 6.07) is 18.1. The molecule has 0 amide bonds. The highest BCUT2D eigenvalue weighted by Gasteiger charge is 2.17. The standard InChI is InChI=1S/C20H19N3O2/c24-13-12-23(11-10-15-6-2-1-3-7-15)20-19-18(21-14-22-20)16-8-4-5-9-17(16)25-19/h1-9,14,24H,10-13H2. The summed E-state index contributed by atoms with van der Waals surface area (Å²) in [4.78, 5) is 10.9. The van der Waals surface area contributed by atoms with Gasteiger partial charge < -0.3 is 14.4 Å². The van der Waals surface area contributed by atoms with Crippen LogP contribution < -0.4 is 4.90 Å². The van der Waals surface area contributed by atoms with Gasteiger partial charge in [-0.05, 0) is 24.1 Å². The van der Waals surface area contributed by atoms with Gasteiger partial charge in [-0.1, -0.05) is 42.5 Å². The van der Waals surface area contributed by atoms with E-state index in [9.17, 15) is 5.11 Å². The first-order valence-electron chi connectivity index (χ1n) is 8.39. The number of fused-ring (bicyclic) bond motifs is 3. The third-order valence-corrected chi connectivity index (χ3v) is 4.32. The van der Waals surface area contributed by atoms with Gasteiger partial charge in [-0.25, -0.2) is 9.97 Å². The smallest absolute Gasteiger partial charge is 0.196 e. The van der Waals surface area contributed by atoms with E-state index < -0.39 is 0 Å². The normalized spacial score (nSPS) is 11.2. The van der Waals surface area contributed by atoms with E-state index in [-0.39, 0.29) is 6.61 Å². The molecule has 4 aromatic rings. The Morgan fingerprint density at radius 1 is 0.920 bits per heavy atom. The van der Waals surface area contributed by atoms with Crippen LogP contribution in [-0.4, -0.2) is 34.8 Å². The van der Waals surface area contributed by atoms with Gasteiger partial charge in [0.05, 0.1) is 6.61 Å². The maximum Gasteiger partial charge on any atom is 0.196 e. The zero-order chi connectivity index (χ0) is 17.1. The summed E-state index contributed by atoms with van der Waals surface area (Å²) in [5.74, 6) is 0.728. The summed E-state index contributed by atoms with van der Waals surface area (Å²) in [5, 5.41) is 10.5. The molecule has 5 nitrogen and oxygen atoms in total. The van der Waals surface area contributed by atoms with E-state index in [0.717, 1.165) is 35.3 Å². The van der Waals surface area contributed by atoms with Gasteiger partial charge in [0.15, 0.2) is 11.4 Å². The fourth-order valence-corrected chi connectivity index (χ4v) is 3.09. The zero-order valence-electron chi connectivity index (χ0n) is 13.8. The van der Waals surface area contributed by atoms with Crippen molar-refractivity contribution in [2.75, 3.05) is 24.6 Å². The number of benzene rings is 2. The number of rotatable bonds is 6. The van der Waals surface area contributed by atoms with Crippen LogP contribution in [-0.2, 0) is 6.42 Å². The highest BCUT2D eigenvalue weighted by atomic mass is 16.3. The number of hydrogen-bond donors (Lipinski definition) is 1. The van der Waals surface area contributed by atoms with E-state index in [0.29, 0.717) is 12.1 Å². The molecule has 25 heavy (non-hydrogen) atoms. The Morgan fingerprint density at radius 3 is 2.56 bits per heavy atom. The van der Waals surface area contributed by atoms with Crippen LogP contribution in [0.1, 0.15) is 5.56 Å². The Hall–Kier alpha value is -2.92. The van der Waals surface area contributed by atoms with Gasteiger partial charge in [0.25, 0.3) is 0 Å². The summed E-state index contributed by atoms with van der Waals surface area (Å²) in [6.07, 6.45) is 2.43. The van der Waals surface area contributed by atoms with Crippen molar-refractivity contribution >= 4 is 27.9 Å². The third kappa shape index (κ3) is 3.06. The van der Waals surface area contributed by atoms with Gasteiger partial charge >= 0.3 is 0 Å². The summed E-state index contributed by atoms with van der Waals surface area (Å²) in [6.45, 7) is 1.30. The van der Waals surface area contributed by atoms with Crippen molar-refractivity contribution in [3.05, 3.63) is 66.5 Å². The third-order valence-electron chi connectivity index (χ3n) is 4.32. The molecule has 2 aromatic heterocycles. The quantitative estimate of drug-likeness (QED) is 0.586. The summed E-state index contributed by atoms with van der Waals surface area (Å²) in [7, 11) is 0. The number of aliphatic hydroxyl groups excluding tert-OH is 1. The molecule has 0 aliphatic rings. The number of hydrogen-bond acceptors (Lipinski definition) is 5. The second-order valence-corrected chi connectivity index (χ2v) is 5.92. The van der Waals surface area contributed by atoms with Crippen LogP contribution in [0, 0.1) is 0 Å². The molecule has 0 atom stereocenters. The topological polar surface area (TPSA) is 62.4 Å². The number of furan rings is 1. The van der Waals surface area contributed by atoms with Gasteiger partial charge in [-0.15, -0.1) is 0 Å². The molecule has 4 rings (SSSR count). The second kappa shape index (κ2) is 6.91. The lowest BCUT2D eigenvalue weighted by Crippen LogP contribution is -2.30. The van der Waals surface area contributed by atoms with Crippen LogP contribution in [0.5, 0.6) is 0 Å². The van der Waals surface area contributed by atoms with E-state index in [4.69, 9.17) is 4.42 Å². The lowest BCUT2D eigenvalue weighted by atomic mass is 10.1. The molecule has 0 saturated carbocycles. The Bertz CT molecular complexity index is 982. The van der Waals surface area contributed by atoms with Crippen LogP contribution in [0.4, 0.5) is 5.82 Å². The molecular weight excluding hydrogens is 314 g/mol. The van der Waals surface area contributed by atoms with Gasteiger partial charge in [0.1, 0.15) is 17.4 Å². The van der Waals surface area contributed by atoms with Crippen molar-refractivity contribution in [3.8, 4) is 0 Å². The van der Waals surface area contributed by atoms with Gasteiger partial charge in [-0.3, -0.25) is 0 Å². The van der Waals surface area contributed by atoms with Crippen LogP contribution in [0.3, 0.4) is 0 Å². The Morgan fingerprint density at radius 2 is 1.72 bits per heavy atom. The van der Waals surface area contributed by atoms with Crippen LogP contribution >= 0.6 is 0 Å². The summed E-state index contributed by atoms with van der Waals surface area (Å²) < 4.78 is 6.01.